The number of ether oxygens (including phenoxy) is 1. The molecule has 0 fully saturated rings. The Bertz CT molecular complexity index is 442. The number of hydrogen-bond acceptors (Lipinski definition) is 4. The Kier molecular flexibility index (Phi) is 4.32. The highest BCUT2D eigenvalue weighted by molar-refractivity contribution is 7.90. The normalized spacial score (nSPS) is 13.4. The average Bonchev–Trinajstić information content (AvgIpc) is 2.15. The van der Waals surface area contributed by atoms with E-state index in [0.29, 0.717) is 6.42 Å². The summed E-state index contributed by atoms with van der Waals surface area (Å²) in [5.74, 6) is 0.758. The first-order chi connectivity index (χ1) is 7.40. The molecule has 0 aliphatic heterocycles. The molecule has 5 heteroatoms. The zero-order chi connectivity index (χ0) is 12.2. The van der Waals surface area contributed by atoms with Crippen LogP contribution in [0.4, 0.5) is 0 Å². The Labute approximate surface area is 96.3 Å². The van der Waals surface area contributed by atoms with Crippen LogP contribution in [-0.4, -0.2) is 33.6 Å². The molecule has 0 aliphatic carbocycles. The monoisotopic (exact) mass is 243 g/mol. The predicted molar refractivity (Wildman–Crippen MR) is 64.4 cm³/mol. The first kappa shape index (κ1) is 13.0. The van der Waals surface area contributed by atoms with E-state index in [1.807, 2.05) is 24.3 Å². The molecule has 0 bridgehead atoms. The standard InChI is InChI=1S/C11H17NO3S/c1-15-11-5-3-4-9(7-11)6-10(12)8-16(2,13)14/h3-5,7,10H,6,8,12H2,1-2H3. The van der Waals surface area contributed by atoms with Gasteiger partial charge in [0, 0.05) is 12.3 Å². The van der Waals surface area contributed by atoms with Gasteiger partial charge in [0.1, 0.15) is 15.6 Å². The zero-order valence-electron chi connectivity index (χ0n) is 9.51. The highest BCUT2D eigenvalue weighted by Gasteiger charge is 2.11. The van der Waals surface area contributed by atoms with Crippen molar-refractivity contribution in [1.82, 2.24) is 0 Å². The largest absolute Gasteiger partial charge is 0.497 e. The van der Waals surface area contributed by atoms with Crippen molar-refractivity contribution in [2.75, 3.05) is 19.1 Å². The Hall–Kier alpha value is -1.07. The minimum Gasteiger partial charge on any atom is -0.497 e. The maximum atomic E-state index is 11.1. The molecular weight excluding hydrogens is 226 g/mol. The van der Waals surface area contributed by atoms with Crippen LogP contribution in [0.5, 0.6) is 5.75 Å². The summed E-state index contributed by atoms with van der Waals surface area (Å²) < 4.78 is 27.2. The van der Waals surface area contributed by atoms with E-state index in [2.05, 4.69) is 0 Å². The summed E-state index contributed by atoms with van der Waals surface area (Å²) in [6, 6.07) is 7.10. The summed E-state index contributed by atoms with van der Waals surface area (Å²) in [5.41, 5.74) is 6.75. The maximum Gasteiger partial charge on any atom is 0.148 e. The summed E-state index contributed by atoms with van der Waals surface area (Å²) in [4.78, 5) is 0. The zero-order valence-corrected chi connectivity index (χ0v) is 10.3. The molecule has 1 unspecified atom stereocenters. The van der Waals surface area contributed by atoms with Gasteiger partial charge in [-0.05, 0) is 24.1 Å². The molecule has 16 heavy (non-hydrogen) atoms. The Morgan fingerprint density at radius 3 is 2.69 bits per heavy atom. The van der Waals surface area contributed by atoms with Gasteiger partial charge >= 0.3 is 0 Å². The molecule has 0 saturated carbocycles. The smallest absolute Gasteiger partial charge is 0.148 e. The van der Waals surface area contributed by atoms with E-state index < -0.39 is 9.84 Å². The van der Waals surface area contributed by atoms with E-state index in [4.69, 9.17) is 10.5 Å². The van der Waals surface area contributed by atoms with Crippen molar-refractivity contribution in [3.05, 3.63) is 29.8 Å². The molecule has 0 heterocycles. The lowest BCUT2D eigenvalue weighted by Gasteiger charge is -2.11. The highest BCUT2D eigenvalue weighted by Crippen LogP contribution is 2.13. The number of benzene rings is 1. The molecule has 0 aliphatic rings. The van der Waals surface area contributed by atoms with E-state index in [0.717, 1.165) is 11.3 Å². The van der Waals surface area contributed by atoms with E-state index in [-0.39, 0.29) is 11.8 Å². The summed E-state index contributed by atoms with van der Waals surface area (Å²) in [7, 11) is -1.42. The molecule has 0 amide bonds. The van der Waals surface area contributed by atoms with Crippen LogP contribution >= 0.6 is 0 Å². The van der Waals surface area contributed by atoms with Gasteiger partial charge in [0.15, 0.2) is 0 Å². The van der Waals surface area contributed by atoms with Crippen LogP contribution in [0, 0.1) is 0 Å². The van der Waals surface area contributed by atoms with Crippen molar-refractivity contribution >= 4 is 9.84 Å². The fraction of sp³-hybridized carbons (Fsp3) is 0.455. The minimum atomic E-state index is -3.02. The lowest BCUT2D eigenvalue weighted by atomic mass is 10.1. The first-order valence-electron chi connectivity index (χ1n) is 4.97. The Morgan fingerprint density at radius 1 is 1.44 bits per heavy atom. The molecule has 0 spiro atoms. The van der Waals surface area contributed by atoms with Crippen LogP contribution in [0.2, 0.25) is 0 Å². The molecule has 4 nitrogen and oxygen atoms in total. The first-order valence-corrected chi connectivity index (χ1v) is 7.03. The topological polar surface area (TPSA) is 69.4 Å². The second-order valence-electron chi connectivity index (χ2n) is 3.91. The van der Waals surface area contributed by atoms with E-state index in [1.165, 1.54) is 6.26 Å². The Morgan fingerprint density at radius 2 is 2.12 bits per heavy atom. The van der Waals surface area contributed by atoms with Crippen molar-refractivity contribution < 1.29 is 13.2 Å². The number of methoxy groups -OCH3 is 1. The van der Waals surface area contributed by atoms with Crippen molar-refractivity contribution in [3.63, 3.8) is 0 Å². The third-order valence-corrected chi connectivity index (χ3v) is 3.18. The average molecular weight is 243 g/mol. The molecular formula is C11H17NO3S. The third-order valence-electron chi connectivity index (χ3n) is 2.15. The molecule has 90 valence electrons. The van der Waals surface area contributed by atoms with E-state index in [9.17, 15) is 8.42 Å². The van der Waals surface area contributed by atoms with Gasteiger partial charge in [-0.25, -0.2) is 8.42 Å². The number of sulfone groups is 1. The van der Waals surface area contributed by atoms with Gasteiger partial charge < -0.3 is 10.5 Å². The van der Waals surface area contributed by atoms with Gasteiger partial charge in [-0.15, -0.1) is 0 Å². The number of rotatable bonds is 5. The maximum absolute atomic E-state index is 11.1. The van der Waals surface area contributed by atoms with Crippen LogP contribution in [0.1, 0.15) is 5.56 Å². The fourth-order valence-corrected chi connectivity index (χ4v) is 2.45. The molecule has 1 atom stereocenters. The number of hydrogen-bond donors (Lipinski definition) is 1. The quantitative estimate of drug-likeness (QED) is 0.822. The fourth-order valence-electron chi connectivity index (χ4n) is 1.55. The van der Waals surface area contributed by atoms with Crippen molar-refractivity contribution in [2.45, 2.75) is 12.5 Å². The van der Waals surface area contributed by atoms with Crippen LogP contribution in [0.25, 0.3) is 0 Å². The molecule has 1 aromatic carbocycles. The van der Waals surface area contributed by atoms with Gasteiger partial charge in [-0.2, -0.15) is 0 Å². The second kappa shape index (κ2) is 5.32. The molecule has 2 N–H and O–H groups in total. The van der Waals surface area contributed by atoms with E-state index >= 15 is 0 Å². The summed E-state index contributed by atoms with van der Waals surface area (Å²) >= 11 is 0. The summed E-state index contributed by atoms with van der Waals surface area (Å²) in [6.07, 6.45) is 1.72. The minimum absolute atomic E-state index is 0.00418. The van der Waals surface area contributed by atoms with Crippen LogP contribution in [0.15, 0.2) is 24.3 Å². The lowest BCUT2D eigenvalue weighted by Crippen LogP contribution is -2.31. The predicted octanol–water partition coefficient (Wildman–Crippen LogP) is 0.610. The summed E-state index contributed by atoms with van der Waals surface area (Å²) in [6.45, 7) is 0. The molecule has 1 aromatic rings. The van der Waals surface area contributed by atoms with Gasteiger partial charge in [0.25, 0.3) is 0 Å². The lowest BCUT2D eigenvalue weighted by molar-refractivity contribution is 0.414. The van der Waals surface area contributed by atoms with Gasteiger partial charge in [-0.3, -0.25) is 0 Å². The van der Waals surface area contributed by atoms with Gasteiger partial charge in [0.05, 0.1) is 12.9 Å². The van der Waals surface area contributed by atoms with Gasteiger partial charge in [0.2, 0.25) is 0 Å². The number of nitrogens with two attached hydrogens (primary N) is 1. The van der Waals surface area contributed by atoms with Crippen LogP contribution in [-0.2, 0) is 16.3 Å². The molecule has 0 saturated heterocycles. The SMILES string of the molecule is COc1cccc(CC(N)CS(C)(=O)=O)c1. The van der Waals surface area contributed by atoms with Crippen molar-refractivity contribution in [1.29, 1.82) is 0 Å². The van der Waals surface area contributed by atoms with Gasteiger partial charge in [-0.1, -0.05) is 12.1 Å². The van der Waals surface area contributed by atoms with Crippen LogP contribution in [0.3, 0.4) is 0 Å². The Balaban J connectivity index is 2.65. The third kappa shape index (κ3) is 4.63. The molecule has 0 radical (unpaired) electrons. The van der Waals surface area contributed by atoms with Crippen molar-refractivity contribution in [3.8, 4) is 5.75 Å². The highest BCUT2D eigenvalue weighted by atomic mass is 32.2. The van der Waals surface area contributed by atoms with E-state index in [1.54, 1.807) is 7.11 Å². The van der Waals surface area contributed by atoms with Crippen LogP contribution < -0.4 is 10.5 Å². The molecule has 1 rings (SSSR count). The second-order valence-corrected chi connectivity index (χ2v) is 6.09. The molecule has 0 aromatic heterocycles. The van der Waals surface area contributed by atoms with Crippen molar-refractivity contribution in [2.24, 2.45) is 5.73 Å². The summed E-state index contributed by atoms with van der Waals surface area (Å²) in [5, 5.41) is 0.